The van der Waals surface area contributed by atoms with Gasteiger partial charge in [-0.25, -0.2) is 0 Å². The van der Waals surface area contributed by atoms with E-state index >= 15 is 0 Å². The number of carbonyl (C=O) groups is 2. The summed E-state index contributed by atoms with van der Waals surface area (Å²) in [5.74, 6) is 0.763. The van der Waals surface area contributed by atoms with Crippen molar-refractivity contribution in [3.05, 3.63) is 35.9 Å². The third-order valence-electron chi connectivity index (χ3n) is 5.15. The number of hydrogen-bond donors (Lipinski definition) is 1. The third-order valence-corrected chi connectivity index (χ3v) is 5.15. The number of nitrogens with one attached hydrogen (secondary N) is 1. The van der Waals surface area contributed by atoms with Gasteiger partial charge in [0.2, 0.25) is 11.8 Å². The van der Waals surface area contributed by atoms with Gasteiger partial charge in [0, 0.05) is 37.8 Å². The van der Waals surface area contributed by atoms with Crippen LogP contribution in [0.15, 0.2) is 30.3 Å². The maximum Gasteiger partial charge on any atom is 0.246 e. The monoisotopic (exact) mass is 371 g/mol. The molecule has 2 rings (SSSR count). The lowest BCUT2D eigenvalue weighted by atomic mass is 9.86. The third kappa shape index (κ3) is 7.18. The maximum atomic E-state index is 12.9. The van der Waals surface area contributed by atoms with Gasteiger partial charge in [-0.15, -0.1) is 0 Å². The first-order valence-electron chi connectivity index (χ1n) is 9.86. The molecule has 1 aliphatic rings. The van der Waals surface area contributed by atoms with Crippen molar-refractivity contribution >= 4 is 23.6 Å². The molecule has 0 aromatic heterocycles. The summed E-state index contributed by atoms with van der Waals surface area (Å²) in [6.45, 7) is 5.42. The van der Waals surface area contributed by atoms with Crippen molar-refractivity contribution in [3.8, 4) is 0 Å². The second kappa shape index (κ2) is 10.3. The average molecular weight is 372 g/mol. The molecule has 1 N–H and O–H groups in total. The fourth-order valence-corrected chi connectivity index (χ4v) is 3.48. The Morgan fingerprint density at radius 2 is 1.70 bits per heavy atom. The molecule has 0 heterocycles. The quantitative estimate of drug-likeness (QED) is 0.745. The first kappa shape index (κ1) is 21.2. The van der Waals surface area contributed by atoms with Gasteiger partial charge in [-0.2, -0.15) is 0 Å². The standard InChI is InChI=1S/C22H33N3O2/c1-17-5-12-21(13-6-17)25(16-15-24(3)4)22(27)14-9-19-7-10-20(11-8-19)23-18(2)26/h7-11,14,17,21H,5-6,12-13,15-16H2,1-4H3,(H,23,26). The van der Waals surface area contributed by atoms with Gasteiger partial charge in [-0.1, -0.05) is 19.1 Å². The van der Waals surface area contributed by atoms with Gasteiger partial charge in [0.1, 0.15) is 0 Å². The highest BCUT2D eigenvalue weighted by Crippen LogP contribution is 2.27. The van der Waals surface area contributed by atoms with E-state index in [1.54, 1.807) is 6.08 Å². The summed E-state index contributed by atoms with van der Waals surface area (Å²) in [5, 5.41) is 2.75. The number of rotatable bonds is 7. The molecule has 0 aliphatic heterocycles. The summed E-state index contributed by atoms with van der Waals surface area (Å²) < 4.78 is 0. The molecule has 1 fully saturated rings. The van der Waals surface area contributed by atoms with Crippen LogP contribution in [0.2, 0.25) is 0 Å². The number of anilines is 1. The minimum atomic E-state index is -0.0909. The predicted molar refractivity (Wildman–Crippen MR) is 111 cm³/mol. The van der Waals surface area contributed by atoms with Gasteiger partial charge in [0.25, 0.3) is 0 Å². The molecule has 1 aliphatic carbocycles. The Kier molecular flexibility index (Phi) is 8.04. The zero-order chi connectivity index (χ0) is 19.8. The van der Waals surface area contributed by atoms with E-state index in [1.165, 1.54) is 19.8 Å². The lowest BCUT2D eigenvalue weighted by molar-refractivity contribution is -0.129. The summed E-state index contributed by atoms with van der Waals surface area (Å²) in [7, 11) is 4.08. The average Bonchev–Trinajstić information content (AvgIpc) is 2.62. The second-order valence-electron chi connectivity index (χ2n) is 7.89. The van der Waals surface area contributed by atoms with Crippen LogP contribution in [0.25, 0.3) is 6.08 Å². The molecular formula is C22H33N3O2. The van der Waals surface area contributed by atoms with Crippen LogP contribution in [0.5, 0.6) is 0 Å². The van der Waals surface area contributed by atoms with Crippen LogP contribution in [0.1, 0.15) is 45.1 Å². The zero-order valence-corrected chi connectivity index (χ0v) is 17.1. The van der Waals surface area contributed by atoms with E-state index in [2.05, 4.69) is 17.1 Å². The smallest absolute Gasteiger partial charge is 0.246 e. The van der Waals surface area contributed by atoms with Crippen LogP contribution >= 0.6 is 0 Å². The Labute approximate surface area is 163 Å². The first-order chi connectivity index (χ1) is 12.8. The van der Waals surface area contributed by atoms with E-state index in [0.717, 1.165) is 43.1 Å². The molecule has 1 aromatic rings. The van der Waals surface area contributed by atoms with E-state index in [9.17, 15) is 9.59 Å². The molecule has 0 unspecified atom stereocenters. The summed E-state index contributed by atoms with van der Waals surface area (Å²) in [6.07, 6.45) is 8.13. The molecule has 0 saturated heterocycles. The number of carbonyl (C=O) groups excluding carboxylic acids is 2. The van der Waals surface area contributed by atoms with Crippen molar-refractivity contribution in [1.29, 1.82) is 0 Å². The van der Waals surface area contributed by atoms with Crippen LogP contribution in [0.3, 0.4) is 0 Å². The minimum absolute atomic E-state index is 0.0855. The van der Waals surface area contributed by atoms with Gasteiger partial charge in [0.05, 0.1) is 0 Å². The Morgan fingerprint density at radius 3 is 2.26 bits per heavy atom. The molecule has 148 valence electrons. The van der Waals surface area contributed by atoms with Gasteiger partial charge in [-0.3, -0.25) is 9.59 Å². The van der Waals surface area contributed by atoms with Crippen molar-refractivity contribution in [2.24, 2.45) is 5.92 Å². The molecule has 0 atom stereocenters. The highest BCUT2D eigenvalue weighted by Gasteiger charge is 2.26. The summed E-state index contributed by atoms with van der Waals surface area (Å²) in [6, 6.07) is 7.85. The van der Waals surface area contributed by atoms with Crippen LogP contribution in [-0.2, 0) is 9.59 Å². The normalized spacial score (nSPS) is 20.0. The lowest BCUT2D eigenvalue weighted by Crippen LogP contribution is -2.44. The van der Waals surface area contributed by atoms with Crippen molar-refractivity contribution in [2.45, 2.75) is 45.6 Å². The van der Waals surface area contributed by atoms with Gasteiger partial charge in [-0.05, 0) is 69.5 Å². The van der Waals surface area contributed by atoms with Crippen LogP contribution in [-0.4, -0.2) is 54.8 Å². The zero-order valence-electron chi connectivity index (χ0n) is 17.1. The first-order valence-corrected chi connectivity index (χ1v) is 9.86. The van der Waals surface area contributed by atoms with Gasteiger partial charge in [0.15, 0.2) is 0 Å². The SMILES string of the molecule is CC(=O)Nc1ccc(C=CC(=O)N(CCN(C)C)C2CCC(C)CC2)cc1. The molecule has 1 saturated carbocycles. The van der Waals surface area contributed by atoms with Crippen LogP contribution in [0.4, 0.5) is 5.69 Å². The van der Waals surface area contributed by atoms with Crippen molar-refractivity contribution in [3.63, 3.8) is 0 Å². The van der Waals surface area contributed by atoms with Crippen molar-refractivity contribution in [2.75, 3.05) is 32.5 Å². The van der Waals surface area contributed by atoms with E-state index in [4.69, 9.17) is 0 Å². The number of nitrogens with zero attached hydrogens (tertiary/aromatic N) is 2. The van der Waals surface area contributed by atoms with Crippen LogP contribution in [0, 0.1) is 5.92 Å². The molecule has 0 spiro atoms. The highest BCUT2D eigenvalue weighted by molar-refractivity contribution is 5.92. The summed E-state index contributed by atoms with van der Waals surface area (Å²) in [5.41, 5.74) is 1.71. The second-order valence-corrected chi connectivity index (χ2v) is 7.89. The number of amides is 2. The van der Waals surface area contributed by atoms with E-state index in [0.29, 0.717) is 6.04 Å². The minimum Gasteiger partial charge on any atom is -0.335 e. The fraction of sp³-hybridized carbons (Fsp3) is 0.545. The largest absolute Gasteiger partial charge is 0.335 e. The number of likely N-dealkylation sites (N-methyl/N-ethyl adjacent to an activating group) is 1. The van der Waals surface area contributed by atoms with E-state index in [-0.39, 0.29) is 11.8 Å². The Hall–Kier alpha value is -2.14. The van der Waals surface area contributed by atoms with Crippen molar-refractivity contribution < 1.29 is 9.59 Å². The summed E-state index contributed by atoms with van der Waals surface area (Å²) in [4.78, 5) is 28.1. The van der Waals surface area contributed by atoms with Crippen molar-refractivity contribution in [1.82, 2.24) is 9.80 Å². The lowest BCUT2D eigenvalue weighted by Gasteiger charge is -2.36. The molecule has 2 amide bonds. The maximum absolute atomic E-state index is 12.9. The van der Waals surface area contributed by atoms with Crippen LogP contribution < -0.4 is 5.32 Å². The van der Waals surface area contributed by atoms with Gasteiger partial charge < -0.3 is 15.1 Å². The van der Waals surface area contributed by atoms with E-state index < -0.39 is 0 Å². The molecule has 5 heteroatoms. The topological polar surface area (TPSA) is 52.7 Å². The molecule has 5 nitrogen and oxygen atoms in total. The van der Waals surface area contributed by atoms with Gasteiger partial charge >= 0.3 is 0 Å². The number of hydrogen-bond acceptors (Lipinski definition) is 3. The molecular weight excluding hydrogens is 338 g/mol. The molecule has 0 bridgehead atoms. The van der Waals surface area contributed by atoms with E-state index in [1.807, 2.05) is 49.3 Å². The molecule has 0 radical (unpaired) electrons. The Bertz CT molecular complexity index is 644. The summed E-state index contributed by atoms with van der Waals surface area (Å²) >= 11 is 0. The highest BCUT2D eigenvalue weighted by atomic mass is 16.2. The predicted octanol–water partition coefficient (Wildman–Crippen LogP) is 3.63. The molecule has 27 heavy (non-hydrogen) atoms. The fourth-order valence-electron chi connectivity index (χ4n) is 3.48. The Morgan fingerprint density at radius 1 is 1.07 bits per heavy atom. The Balaban J connectivity index is 2.02. The molecule has 1 aromatic carbocycles. The number of benzene rings is 1.